The first kappa shape index (κ1) is 10.1. The maximum Gasteiger partial charge on any atom is 0.124 e. The summed E-state index contributed by atoms with van der Waals surface area (Å²) in [6.07, 6.45) is 0. The Bertz CT molecular complexity index is 281. The van der Waals surface area contributed by atoms with Crippen molar-refractivity contribution in [2.45, 2.75) is 33.1 Å². The second-order valence-electron chi connectivity index (χ2n) is 4.32. The molecule has 0 saturated heterocycles. The van der Waals surface area contributed by atoms with E-state index in [1.807, 2.05) is 11.7 Å². The van der Waals surface area contributed by atoms with E-state index in [4.69, 9.17) is 0 Å². The molecule has 0 aliphatic rings. The van der Waals surface area contributed by atoms with Crippen molar-refractivity contribution < 1.29 is 0 Å². The van der Waals surface area contributed by atoms with E-state index in [0.717, 1.165) is 18.1 Å². The first-order valence-electron chi connectivity index (χ1n) is 4.73. The largest absolute Gasteiger partial charge is 0.371 e. The van der Waals surface area contributed by atoms with Crippen LogP contribution in [0.2, 0.25) is 0 Å². The molecule has 1 rings (SSSR count). The third-order valence-corrected chi connectivity index (χ3v) is 2.01. The molecule has 0 atom stereocenters. The predicted molar refractivity (Wildman–Crippen MR) is 56.1 cm³/mol. The predicted octanol–water partition coefficient (Wildman–Crippen LogP) is 2.15. The smallest absolute Gasteiger partial charge is 0.124 e. The minimum atomic E-state index is 0.130. The Morgan fingerprint density at radius 3 is 2.46 bits per heavy atom. The lowest BCUT2D eigenvalue weighted by Gasteiger charge is -2.13. The average molecular weight is 181 g/mol. The Balaban J connectivity index is 2.95. The van der Waals surface area contributed by atoms with Crippen molar-refractivity contribution in [3.05, 3.63) is 11.8 Å². The topological polar surface area (TPSA) is 29.9 Å². The lowest BCUT2D eigenvalue weighted by atomic mass is 9.92. The summed E-state index contributed by atoms with van der Waals surface area (Å²) in [4.78, 5) is 0. The zero-order valence-corrected chi connectivity index (χ0v) is 9.18. The summed E-state index contributed by atoms with van der Waals surface area (Å²) in [6.45, 7) is 9.54. The Hall–Kier alpha value is -0.990. The van der Waals surface area contributed by atoms with Crippen LogP contribution in [0.4, 0.5) is 5.82 Å². The molecule has 0 amide bonds. The number of nitrogens with zero attached hydrogens (tertiary/aromatic N) is 2. The summed E-state index contributed by atoms with van der Waals surface area (Å²) in [6, 6.07) is 2.11. The number of rotatable bonds is 2. The van der Waals surface area contributed by atoms with E-state index < -0.39 is 0 Å². The minimum absolute atomic E-state index is 0.130. The SMILES string of the molecule is CCNc1cc(C(C)(C)C)nn1C. The van der Waals surface area contributed by atoms with E-state index in [1.165, 1.54) is 0 Å². The van der Waals surface area contributed by atoms with E-state index in [-0.39, 0.29) is 5.41 Å². The van der Waals surface area contributed by atoms with Gasteiger partial charge < -0.3 is 5.32 Å². The molecule has 0 bridgehead atoms. The Labute approximate surface area is 80.1 Å². The lowest BCUT2D eigenvalue weighted by molar-refractivity contribution is 0.553. The maximum atomic E-state index is 4.45. The van der Waals surface area contributed by atoms with Crippen LogP contribution in [0.5, 0.6) is 0 Å². The van der Waals surface area contributed by atoms with Gasteiger partial charge in [-0.3, -0.25) is 4.68 Å². The van der Waals surface area contributed by atoms with Crippen molar-refractivity contribution in [2.24, 2.45) is 7.05 Å². The molecule has 0 aliphatic heterocycles. The maximum absolute atomic E-state index is 4.45. The van der Waals surface area contributed by atoms with Gasteiger partial charge in [0.1, 0.15) is 5.82 Å². The standard InChI is InChI=1S/C10H19N3/c1-6-11-9-7-8(10(2,3)4)12-13(9)5/h7,11H,6H2,1-5H3. The van der Waals surface area contributed by atoms with Crippen molar-refractivity contribution in [3.8, 4) is 0 Å². The molecule has 3 heteroatoms. The van der Waals surface area contributed by atoms with Crippen LogP contribution in [-0.2, 0) is 12.5 Å². The molecular formula is C10H19N3. The number of anilines is 1. The van der Waals surface area contributed by atoms with E-state index >= 15 is 0 Å². The molecule has 0 unspecified atom stereocenters. The summed E-state index contributed by atoms with van der Waals surface area (Å²) in [7, 11) is 1.97. The highest BCUT2D eigenvalue weighted by Gasteiger charge is 2.18. The Kier molecular flexibility index (Phi) is 2.64. The molecule has 1 N–H and O–H groups in total. The van der Waals surface area contributed by atoms with Gasteiger partial charge >= 0.3 is 0 Å². The molecule has 13 heavy (non-hydrogen) atoms. The van der Waals surface area contributed by atoms with Gasteiger partial charge in [-0.1, -0.05) is 20.8 Å². The second kappa shape index (κ2) is 3.40. The van der Waals surface area contributed by atoms with Crippen LogP contribution in [0, 0.1) is 0 Å². The van der Waals surface area contributed by atoms with Crippen molar-refractivity contribution in [2.75, 3.05) is 11.9 Å². The average Bonchev–Trinajstić information content (AvgIpc) is 2.32. The van der Waals surface area contributed by atoms with Crippen molar-refractivity contribution in [1.29, 1.82) is 0 Å². The van der Waals surface area contributed by atoms with Gasteiger partial charge in [0, 0.05) is 25.1 Å². The summed E-state index contributed by atoms with van der Waals surface area (Å²) in [5, 5.41) is 7.72. The molecular weight excluding hydrogens is 162 g/mol. The van der Waals surface area contributed by atoms with E-state index in [1.54, 1.807) is 0 Å². The minimum Gasteiger partial charge on any atom is -0.371 e. The van der Waals surface area contributed by atoms with E-state index in [2.05, 4.69) is 44.2 Å². The first-order chi connectivity index (χ1) is 5.95. The fourth-order valence-corrected chi connectivity index (χ4v) is 1.18. The third-order valence-electron chi connectivity index (χ3n) is 2.01. The van der Waals surface area contributed by atoms with Gasteiger partial charge in [-0.15, -0.1) is 0 Å². The zero-order valence-electron chi connectivity index (χ0n) is 9.18. The number of hydrogen-bond acceptors (Lipinski definition) is 2. The van der Waals surface area contributed by atoms with Crippen LogP contribution in [0.1, 0.15) is 33.4 Å². The van der Waals surface area contributed by atoms with Crippen LogP contribution in [0.15, 0.2) is 6.07 Å². The Morgan fingerprint density at radius 2 is 2.08 bits per heavy atom. The lowest BCUT2D eigenvalue weighted by Crippen LogP contribution is -2.12. The molecule has 74 valence electrons. The van der Waals surface area contributed by atoms with E-state index in [0.29, 0.717) is 0 Å². The number of aromatic nitrogens is 2. The van der Waals surface area contributed by atoms with E-state index in [9.17, 15) is 0 Å². The quantitative estimate of drug-likeness (QED) is 0.757. The van der Waals surface area contributed by atoms with Gasteiger partial charge in [0.15, 0.2) is 0 Å². The third kappa shape index (κ3) is 2.23. The number of nitrogens with one attached hydrogen (secondary N) is 1. The molecule has 0 saturated carbocycles. The van der Waals surface area contributed by atoms with Gasteiger partial charge in [-0.2, -0.15) is 5.10 Å². The summed E-state index contributed by atoms with van der Waals surface area (Å²) >= 11 is 0. The van der Waals surface area contributed by atoms with Gasteiger partial charge in [0.05, 0.1) is 5.69 Å². The number of aryl methyl sites for hydroxylation is 1. The van der Waals surface area contributed by atoms with Gasteiger partial charge in [0.25, 0.3) is 0 Å². The molecule has 0 fully saturated rings. The highest BCUT2D eigenvalue weighted by Crippen LogP contribution is 2.22. The van der Waals surface area contributed by atoms with Crippen LogP contribution in [0.25, 0.3) is 0 Å². The molecule has 1 heterocycles. The molecule has 3 nitrogen and oxygen atoms in total. The molecule has 0 spiro atoms. The van der Waals surface area contributed by atoms with Gasteiger partial charge in [0.2, 0.25) is 0 Å². The molecule has 0 aliphatic carbocycles. The summed E-state index contributed by atoms with van der Waals surface area (Å²) < 4.78 is 1.89. The molecule has 1 aromatic rings. The molecule has 1 aromatic heterocycles. The number of hydrogen-bond donors (Lipinski definition) is 1. The zero-order chi connectivity index (χ0) is 10.1. The highest BCUT2D eigenvalue weighted by atomic mass is 15.3. The fourth-order valence-electron chi connectivity index (χ4n) is 1.18. The van der Waals surface area contributed by atoms with Crippen molar-refractivity contribution in [1.82, 2.24) is 9.78 Å². The van der Waals surface area contributed by atoms with Crippen molar-refractivity contribution >= 4 is 5.82 Å². The summed E-state index contributed by atoms with van der Waals surface area (Å²) in [5.41, 5.74) is 1.26. The summed E-state index contributed by atoms with van der Waals surface area (Å²) in [5.74, 6) is 1.09. The highest BCUT2D eigenvalue weighted by molar-refractivity contribution is 5.38. The van der Waals surface area contributed by atoms with Gasteiger partial charge in [-0.05, 0) is 6.92 Å². The Morgan fingerprint density at radius 1 is 1.46 bits per heavy atom. The van der Waals surface area contributed by atoms with Crippen LogP contribution in [-0.4, -0.2) is 16.3 Å². The van der Waals surface area contributed by atoms with Crippen LogP contribution in [0.3, 0.4) is 0 Å². The molecule has 0 radical (unpaired) electrons. The van der Waals surface area contributed by atoms with Crippen molar-refractivity contribution in [3.63, 3.8) is 0 Å². The molecule has 0 aromatic carbocycles. The van der Waals surface area contributed by atoms with Crippen LogP contribution < -0.4 is 5.32 Å². The first-order valence-corrected chi connectivity index (χ1v) is 4.73. The monoisotopic (exact) mass is 181 g/mol. The normalized spacial score (nSPS) is 11.8. The second-order valence-corrected chi connectivity index (χ2v) is 4.32. The van der Waals surface area contributed by atoms with Gasteiger partial charge in [-0.25, -0.2) is 0 Å². The fraction of sp³-hybridized carbons (Fsp3) is 0.700. The van der Waals surface area contributed by atoms with Crippen LogP contribution >= 0.6 is 0 Å².